The summed E-state index contributed by atoms with van der Waals surface area (Å²) < 4.78 is 11.2. The first-order chi connectivity index (χ1) is 8.22. The molecule has 0 saturated heterocycles. The number of nitrogens with zero attached hydrogens (tertiary/aromatic N) is 1. The summed E-state index contributed by atoms with van der Waals surface area (Å²) in [5.74, 6) is 1.88. The maximum Gasteiger partial charge on any atom is 0.129 e. The highest BCUT2D eigenvalue weighted by atomic mass is 16.5. The smallest absolute Gasteiger partial charge is 0.129 e. The minimum absolute atomic E-state index is 0.569. The van der Waals surface area contributed by atoms with Gasteiger partial charge in [0.15, 0.2) is 0 Å². The van der Waals surface area contributed by atoms with E-state index < -0.39 is 0 Å². The molecule has 0 aromatic carbocycles. The van der Waals surface area contributed by atoms with E-state index in [-0.39, 0.29) is 0 Å². The molecule has 0 radical (unpaired) electrons. The van der Waals surface area contributed by atoms with Crippen LogP contribution in [-0.2, 0) is 17.9 Å². The fourth-order valence-electron chi connectivity index (χ4n) is 1.50. The quantitative estimate of drug-likeness (QED) is 0.669. The van der Waals surface area contributed by atoms with Crippen molar-refractivity contribution in [2.45, 2.75) is 26.5 Å². The Kier molecular flexibility index (Phi) is 6.93. The van der Waals surface area contributed by atoms with E-state index in [9.17, 15) is 0 Å². The molecule has 1 rings (SSSR count). The van der Waals surface area contributed by atoms with Gasteiger partial charge in [0, 0.05) is 6.61 Å². The van der Waals surface area contributed by atoms with E-state index in [2.05, 4.69) is 31.2 Å². The molecule has 0 bridgehead atoms. The van der Waals surface area contributed by atoms with Gasteiger partial charge in [-0.1, -0.05) is 6.92 Å². The molecule has 0 amide bonds. The Morgan fingerprint density at radius 1 is 1.29 bits per heavy atom. The Morgan fingerprint density at radius 2 is 2.06 bits per heavy atom. The van der Waals surface area contributed by atoms with Crippen LogP contribution < -0.4 is 5.32 Å². The van der Waals surface area contributed by atoms with E-state index >= 15 is 0 Å². The zero-order valence-corrected chi connectivity index (χ0v) is 11.2. The SMILES string of the molecule is CCNCc1ccc(COCCCN(C)C)o1. The summed E-state index contributed by atoms with van der Waals surface area (Å²) in [5, 5.41) is 3.23. The van der Waals surface area contributed by atoms with Gasteiger partial charge in [-0.05, 0) is 45.7 Å². The van der Waals surface area contributed by atoms with Crippen LogP contribution in [0.2, 0.25) is 0 Å². The van der Waals surface area contributed by atoms with Crippen molar-refractivity contribution in [2.75, 3.05) is 33.8 Å². The third-order valence-corrected chi connectivity index (χ3v) is 2.40. The molecule has 0 saturated carbocycles. The second-order valence-electron chi connectivity index (χ2n) is 4.36. The Bertz CT molecular complexity index is 297. The van der Waals surface area contributed by atoms with Crippen molar-refractivity contribution in [1.82, 2.24) is 10.2 Å². The zero-order chi connectivity index (χ0) is 12.5. The first-order valence-electron chi connectivity index (χ1n) is 6.23. The van der Waals surface area contributed by atoms with Crippen molar-refractivity contribution < 1.29 is 9.15 Å². The fourth-order valence-corrected chi connectivity index (χ4v) is 1.50. The molecule has 0 spiro atoms. The van der Waals surface area contributed by atoms with Crippen molar-refractivity contribution in [3.63, 3.8) is 0 Å². The fraction of sp³-hybridized carbons (Fsp3) is 0.692. The third-order valence-electron chi connectivity index (χ3n) is 2.40. The zero-order valence-electron chi connectivity index (χ0n) is 11.2. The van der Waals surface area contributed by atoms with Crippen LogP contribution in [-0.4, -0.2) is 38.7 Å². The van der Waals surface area contributed by atoms with Gasteiger partial charge in [-0.25, -0.2) is 0 Å². The normalized spacial score (nSPS) is 11.3. The molecule has 4 nitrogen and oxygen atoms in total. The van der Waals surface area contributed by atoms with Crippen LogP contribution in [0.3, 0.4) is 0 Å². The van der Waals surface area contributed by atoms with Crippen LogP contribution in [0.4, 0.5) is 0 Å². The molecule has 1 aromatic heterocycles. The standard InChI is InChI=1S/C13H24N2O2/c1-4-14-10-12-6-7-13(17-12)11-16-9-5-8-15(2)3/h6-7,14H,4-5,8-11H2,1-3H3. The monoisotopic (exact) mass is 240 g/mol. The van der Waals surface area contributed by atoms with Gasteiger partial charge < -0.3 is 19.4 Å². The van der Waals surface area contributed by atoms with Gasteiger partial charge in [-0.2, -0.15) is 0 Å². The average molecular weight is 240 g/mol. The summed E-state index contributed by atoms with van der Waals surface area (Å²) in [6, 6.07) is 3.99. The third kappa shape index (κ3) is 6.46. The summed E-state index contributed by atoms with van der Waals surface area (Å²) in [7, 11) is 4.14. The Labute approximate surface area is 104 Å². The summed E-state index contributed by atoms with van der Waals surface area (Å²) in [5.41, 5.74) is 0. The van der Waals surface area contributed by atoms with Crippen molar-refractivity contribution in [2.24, 2.45) is 0 Å². The van der Waals surface area contributed by atoms with Gasteiger partial charge in [0.2, 0.25) is 0 Å². The molecule has 0 aliphatic rings. The first kappa shape index (κ1) is 14.2. The molecule has 1 N–H and O–H groups in total. The van der Waals surface area contributed by atoms with E-state index in [1.807, 2.05) is 12.1 Å². The molecule has 1 aromatic rings. The Hall–Kier alpha value is -0.840. The summed E-state index contributed by atoms with van der Waals surface area (Å²) in [6.45, 7) is 6.23. The van der Waals surface area contributed by atoms with E-state index in [1.165, 1.54) is 0 Å². The first-order valence-corrected chi connectivity index (χ1v) is 6.23. The second-order valence-corrected chi connectivity index (χ2v) is 4.36. The van der Waals surface area contributed by atoms with E-state index in [0.29, 0.717) is 6.61 Å². The Morgan fingerprint density at radius 3 is 2.76 bits per heavy atom. The summed E-state index contributed by atoms with van der Waals surface area (Å²) in [4.78, 5) is 2.16. The van der Waals surface area contributed by atoms with Gasteiger partial charge in [0.1, 0.15) is 18.1 Å². The molecule has 0 unspecified atom stereocenters. The highest BCUT2D eigenvalue weighted by Crippen LogP contribution is 2.08. The number of hydrogen-bond donors (Lipinski definition) is 1. The molecular formula is C13H24N2O2. The van der Waals surface area contributed by atoms with Crippen LogP contribution >= 0.6 is 0 Å². The lowest BCUT2D eigenvalue weighted by molar-refractivity contribution is 0.0984. The van der Waals surface area contributed by atoms with Gasteiger partial charge in [-0.15, -0.1) is 0 Å². The molecule has 0 aliphatic heterocycles. The van der Waals surface area contributed by atoms with Crippen molar-refractivity contribution in [3.8, 4) is 0 Å². The molecule has 1 heterocycles. The van der Waals surface area contributed by atoms with Crippen molar-refractivity contribution in [3.05, 3.63) is 23.7 Å². The van der Waals surface area contributed by atoms with Crippen LogP contribution in [0.15, 0.2) is 16.5 Å². The molecule has 0 atom stereocenters. The van der Waals surface area contributed by atoms with Crippen molar-refractivity contribution in [1.29, 1.82) is 0 Å². The Balaban J connectivity index is 2.12. The maximum atomic E-state index is 5.62. The van der Waals surface area contributed by atoms with Gasteiger partial charge in [-0.3, -0.25) is 0 Å². The van der Waals surface area contributed by atoms with E-state index in [0.717, 1.165) is 44.2 Å². The summed E-state index contributed by atoms with van der Waals surface area (Å²) in [6.07, 6.45) is 1.05. The topological polar surface area (TPSA) is 37.6 Å². The minimum atomic E-state index is 0.569. The van der Waals surface area contributed by atoms with Gasteiger partial charge in [0.05, 0.1) is 6.54 Å². The number of nitrogens with one attached hydrogen (secondary N) is 1. The van der Waals surface area contributed by atoms with Gasteiger partial charge in [0.25, 0.3) is 0 Å². The molecule has 17 heavy (non-hydrogen) atoms. The predicted octanol–water partition coefficient (Wildman–Crippen LogP) is 1.86. The number of hydrogen-bond acceptors (Lipinski definition) is 4. The number of ether oxygens (including phenoxy) is 1. The lowest BCUT2D eigenvalue weighted by Crippen LogP contribution is -2.14. The maximum absolute atomic E-state index is 5.62. The molecule has 4 heteroatoms. The molecular weight excluding hydrogens is 216 g/mol. The van der Waals surface area contributed by atoms with Crippen LogP contribution in [0.5, 0.6) is 0 Å². The largest absolute Gasteiger partial charge is 0.462 e. The molecule has 0 fully saturated rings. The second kappa shape index (κ2) is 8.28. The van der Waals surface area contributed by atoms with E-state index in [4.69, 9.17) is 9.15 Å². The van der Waals surface area contributed by atoms with Crippen LogP contribution in [0.25, 0.3) is 0 Å². The summed E-state index contributed by atoms with van der Waals surface area (Å²) >= 11 is 0. The highest BCUT2D eigenvalue weighted by molar-refractivity contribution is 5.06. The predicted molar refractivity (Wildman–Crippen MR) is 68.9 cm³/mol. The van der Waals surface area contributed by atoms with Gasteiger partial charge >= 0.3 is 0 Å². The number of furan rings is 1. The lowest BCUT2D eigenvalue weighted by atomic mass is 10.4. The number of rotatable bonds is 9. The van der Waals surface area contributed by atoms with E-state index in [1.54, 1.807) is 0 Å². The minimum Gasteiger partial charge on any atom is -0.462 e. The molecule has 98 valence electrons. The lowest BCUT2D eigenvalue weighted by Gasteiger charge is -2.08. The van der Waals surface area contributed by atoms with Crippen LogP contribution in [0, 0.1) is 0 Å². The van der Waals surface area contributed by atoms with Crippen LogP contribution in [0.1, 0.15) is 24.9 Å². The average Bonchev–Trinajstić information content (AvgIpc) is 2.73. The molecule has 0 aliphatic carbocycles. The van der Waals surface area contributed by atoms with Crippen molar-refractivity contribution >= 4 is 0 Å². The highest BCUT2D eigenvalue weighted by Gasteiger charge is 2.01.